The van der Waals surface area contributed by atoms with Gasteiger partial charge in [-0.25, -0.2) is 15.0 Å². The van der Waals surface area contributed by atoms with Gasteiger partial charge in [-0.3, -0.25) is 0 Å². The van der Waals surface area contributed by atoms with E-state index in [0.717, 1.165) is 93.7 Å². The van der Waals surface area contributed by atoms with Crippen molar-refractivity contribution in [3.63, 3.8) is 0 Å². The molecule has 0 amide bonds. The van der Waals surface area contributed by atoms with E-state index in [1.807, 2.05) is 36.4 Å². The van der Waals surface area contributed by atoms with Gasteiger partial charge in [0.1, 0.15) is 53.9 Å². The maximum atomic E-state index is 9.91. The van der Waals surface area contributed by atoms with Gasteiger partial charge in [0.25, 0.3) is 0 Å². The summed E-state index contributed by atoms with van der Waals surface area (Å²) in [5, 5.41) is 59.0. The number of nitriles is 6. The fourth-order valence-corrected chi connectivity index (χ4v) is 6.64. The molecule has 3 heterocycles. The lowest BCUT2D eigenvalue weighted by Crippen LogP contribution is -2.04. The van der Waals surface area contributed by atoms with Gasteiger partial charge in [-0.15, -0.1) is 0 Å². The van der Waals surface area contributed by atoms with Crippen LogP contribution in [0.1, 0.15) is 166 Å². The van der Waals surface area contributed by atoms with Crippen molar-refractivity contribution in [1.82, 2.24) is 28.7 Å². The lowest BCUT2D eigenvalue weighted by Gasteiger charge is -2.08. The van der Waals surface area contributed by atoms with Crippen molar-refractivity contribution in [2.75, 3.05) is 0 Å². The highest BCUT2D eigenvalue weighted by molar-refractivity contribution is 5.77. The van der Waals surface area contributed by atoms with E-state index in [1.165, 1.54) is 0 Å². The van der Waals surface area contributed by atoms with Crippen molar-refractivity contribution in [2.24, 2.45) is 0 Å². The maximum Gasteiger partial charge on any atom is 0.177 e. The molecule has 0 aliphatic heterocycles. The standard InChI is InChI=1S/C45H48N12/c1-4-7-10-13-22-55-40(31-49)37(28-46)52-43(55)19-16-34-25-35(17-20-44-53-38(29-47)41(32-50)56(44)23-14-11-8-5-2)27-36(26-34)18-21-45-54-39(30-48)42(33-51)57(45)24-15-12-9-6-3/h16-21,25-27H,4-15,22-24H2,1-3H3/b19-16+,20-17+,21-18+. The van der Waals surface area contributed by atoms with Gasteiger partial charge in [0, 0.05) is 19.6 Å². The van der Waals surface area contributed by atoms with Crippen LogP contribution in [0.5, 0.6) is 0 Å². The molecule has 12 nitrogen and oxygen atoms in total. The average molecular weight is 757 g/mol. The number of unbranched alkanes of at least 4 members (excludes halogenated alkanes) is 9. The minimum Gasteiger partial charge on any atom is -0.315 e. The highest BCUT2D eigenvalue weighted by atomic mass is 15.1. The summed E-state index contributed by atoms with van der Waals surface area (Å²) < 4.78 is 5.40. The molecule has 0 saturated carbocycles. The smallest absolute Gasteiger partial charge is 0.177 e. The van der Waals surface area contributed by atoms with Crippen LogP contribution in [0, 0.1) is 68.0 Å². The second kappa shape index (κ2) is 22.4. The number of benzene rings is 1. The van der Waals surface area contributed by atoms with Crippen molar-refractivity contribution >= 4 is 36.5 Å². The van der Waals surface area contributed by atoms with Crippen molar-refractivity contribution in [3.8, 4) is 36.4 Å². The van der Waals surface area contributed by atoms with Crippen LogP contribution in [0.15, 0.2) is 18.2 Å². The van der Waals surface area contributed by atoms with Gasteiger partial charge in [0.15, 0.2) is 34.2 Å². The lowest BCUT2D eigenvalue weighted by molar-refractivity contribution is 0.576. The quantitative estimate of drug-likeness (QED) is 0.0743. The van der Waals surface area contributed by atoms with Crippen molar-refractivity contribution in [3.05, 3.63) is 86.5 Å². The zero-order valence-electron chi connectivity index (χ0n) is 33.2. The molecule has 57 heavy (non-hydrogen) atoms. The predicted octanol–water partition coefficient (Wildman–Crippen LogP) is 9.76. The third kappa shape index (κ3) is 11.3. The molecule has 4 aromatic rings. The van der Waals surface area contributed by atoms with E-state index in [1.54, 1.807) is 31.9 Å². The Morgan fingerprint density at radius 1 is 0.404 bits per heavy atom. The highest BCUT2D eigenvalue weighted by Gasteiger charge is 2.18. The zero-order valence-corrected chi connectivity index (χ0v) is 33.2. The topological polar surface area (TPSA) is 196 Å². The molecule has 288 valence electrons. The first kappa shape index (κ1) is 42.7. The van der Waals surface area contributed by atoms with Crippen LogP contribution in [-0.2, 0) is 19.6 Å². The molecule has 0 atom stereocenters. The molecule has 0 saturated heterocycles. The Kier molecular flexibility index (Phi) is 16.8. The Morgan fingerprint density at radius 2 is 0.684 bits per heavy atom. The number of hydrogen-bond acceptors (Lipinski definition) is 9. The molecule has 0 spiro atoms. The SMILES string of the molecule is CCCCCCn1c(/C=C/c2cc(/C=C/c3nc(C#N)c(C#N)n3CCCCCC)cc(/C=C/c3nc(C#N)c(C#N)n3CCCCCC)c2)nc(C#N)c1C#N. The van der Waals surface area contributed by atoms with Crippen molar-refractivity contribution in [2.45, 2.75) is 117 Å². The molecule has 3 aromatic heterocycles. The van der Waals surface area contributed by atoms with Gasteiger partial charge in [-0.2, -0.15) is 31.6 Å². The Hall–Kier alpha value is -6.99. The Bertz CT molecular complexity index is 2080. The monoisotopic (exact) mass is 756 g/mol. The number of nitrogens with zero attached hydrogens (tertiary/aromatic N) is 12. The predicted molar refractivity (Wildman–Crippen MR) is 221 cm³/mol. The van der Waals surface area contributed by atoms with Gasteiger partial charge >= 0.3 is 0 Å². The largest absolute Gasteiger partial charge is 0.315 e. The van der Waals surface area contributed by atoms with Crippen LogP contribution in [0.3, 0.4) is 0 Å². The molecular weight excluding hydrogens is 709 g/mol. The summed E-state index contributed by atoms with van der Waals surface area (Å²) in [7, 11) is 0. The Balaban J connectivity index is 1.81. The molecular formula is C45H48N12. The van der Waals surface area contributed by atoms with Gasteiger partial charge in [0.05, 0.1) is 0 Å². The normalized spacial score (nSPS) is 11.1. The third-order valence-electron chi connectivity index (χ3n) is 9.61. The second-order valence-electron chi connectivity index (χ2n) is 13.7. The first-order valence-corrected chi connectivity index (χ1v) is 19.8. The Morgan fingerprint density at radius 3 is 0.912 bits per heavy atom. The van der Waals surface area contributed by atoms with Gasteiger partial charge in [0.2, 0.25) is 0 Å². The molecule has 0 aliphatic rings. The minimum absolute atomic E-state index is 0.0882. The van der Waals surface area contributed by atoms with E-state index in [2.05, 4.69) is 72.1 Å². The van der Waals surface area contributed by atoms with Gasteiger partial charge in [-0.1, -0.05) is 96.8 Å². The maximum absolute atomic E-state index is 9.91. The van der Waals surface area contributed by atoms with Crippen LogP contribution in [-0.4, -0.2) is 28.7 Å². The summed E-state index contributed by atoms with van der Waals surface area (Å²) in [5.74, 6) is 1.52. The second-order valence-corrected chi connectivity index (χ2v) is 13.7. The summed E-state index contributed by atoms with van der Waals surface area (Å²) in [6, 6.07) is 18.6. The highest BCUT2D eigenvalue weighted by Crippen LogP contribution is 2.23. The van der Waals surface area contributed by atoms with E-state index in [0.29, 0.717) is 37.1 Å². The molecule has 0 N–H and O–H groups in total. The summed E-state index contributed by atoms with van der Waals surface area (Å²) >= 11 is 0. The van der Waals surface area contributed by atoms with Crippen LogP contribution >= 0.6 is 0 Å². The molecule has 0 bridgehead atoms. The average Bonchev–Trinajstić information content (AvgIpc) is 3.89. The van der Waals surface area contributed by atoms with Crippen LogP contribution in [0.4, 0.5) is 0 Å². The molecule has 0 radical (unpaired) electrons. The summed E-state index contributed by atoms with van der Waals surface area (Å²) in [4.78, 5) is 13.5. The summed E-state index contributed by atoms with van der Waals surface area (Å²) in [5.41, 5.74) is 3.38. The fourth-order valence-electron chi connectivity index (χ4n) is 6.64. The minimum atomic E-state index is 0.0882. The van der Waals surface area contributed by atoms with Crippen molar-refractivity contribution in [1.29, 1.82) is 31.6 Å². The van der Waals surface area contributed by atoms with E-state index < -0.39 is 0 Å². The third-order valence-corrected chi connectivity index (χ3v) is 9.61. The molecule has 0 unspecified atom stereocenters. The van der Waals surface area contributed by atoms with E-state index in [9.17, 15) is 31.6 Å². The number of rotatable bonds is 21. The summed E-state index contributed by atoms with van der Waals surface area (Å²) in [6.07, 6.45) is 23.1. The van der Waals surface area contributed by atoms with E-state index in [-0.39, 0.29) is 34.2 Å². The van der Waals surface area contributed by atoms with Crippen LogP contribution < -0.4 is 0 Å². The number of aromatic nitrogens is 6. The Labute approximate surface area is 336 Å². The zero-order chi connectivity index (χ0) is 41.0. The number of imidazole rings is 3. The molecule has 4 rings (SSSR count). The molecule has 12 heteroatoms. The first-order chi connectivity index (χ1) is 27.9. The lowest BCUT2D eigenvalue weighted by atomic mass is 10.0. The molecule has 0 aliphatic carbocycles. The van der Waals surface area contributed by atoms with Crippen LogP contribution in [0.25, 0.3) is 36.5 Å². The van der Waals surface area contributed by atoms with E-state index >= 15 is 0 Å². The van der Waals surface area contributed by atoms with Crippen molar-refractivity contribution < 1.29 is 0 Å². The molecule has 0 fully saturated rings. The van der Waals surface area contributed by atoms with Gasteiger partial charge < -0.3 is 13.7 Å². The number of hydrogen-bond donors (Lipinski definition) is 0. The first-order valence-electron chi connectivity index (χ1n) is 19.8. The van der Waals surface area contributed by atoms with E-state index in [4.69, 9.17) is 0 Å². The van der Waals surface area contributed by atoms with Gasteiger partial charge in [-0.05, 0) is 72.4 Å². The fraction of sp³-hybridized carbons (Fsp3) is 0.400. The van der Waals surface area contributed by atoms with Crippen LogP contribution in [0.2, 0.25) is 0 Å². The summed E-state index contributed by atoms with van der Waals surface area (Å²) in [6.45, 7) is 8.11. The molecule has 1 aromatic carbocycles.